The number of aromatic amines is 1. The van der Waals surface area contributed by atoms with Gasteiger partial charge in [0.2, 0.25) is 0 Å². The molecule has 0 spiro atoms. The Hall–Kier alpha value is -1.32. The maximum Gasteiger partial charge on any atom is 0.191 e. The summed E-state index contributed by atoms with van der Waals surface area (Å²) in [5, 5.41) is 9.74. The van der Waals surface area contributed by atoms with E-state index in [2.05, 4.69) is 38.7 Å². The summed E-state index contributed by atoms with van der Waals surface area (Å²) in [6, 6.07) is 5.93. The maximum absolute atomic E-state index is 6.12. The van der Waals surface area contributed by atoms with Crippen molar-refractivity contribution < 1.29 is 0 Å². The lowest BCUT2D eigenvalue weighted by Crippen LogP contribution is -2.38. The predicted octanol–water partition coefficient (Wildman–Crippen LogP) is 4.81. The highest BCUT2D eigenvalue weighted by Gasteiger charge is 2.07. The van der Waals surface area contributed by atoms with E-state index >= 15 is 0 Å². The maximum atomic E-state index is 6.12. The van der Waals surface area contributed by atoms with Crippen LogP contribution in [0.15, 0.2) is 29.4 Å². The molecule has 2 aromatic heterocycles. The van der Waals surface area contributed by atoms with E-state index in [-0.39, 0.29) is 24.0 Å². The van der Waals surface area contributed by atoms with Gasteiger partial charge in [0, 0.05) is 40.1 Å². The Balaban J connectivity index is 0.00000261. The van der Waals surface area contributed by atoms with Crippen molar-refractivity contribution in [1.29, 1.82) is 0 Å². The normalized spacial score (nSPS) is 11.5. The third-order valence-electron chi connectivity index (χ3n) is 4.14. The van der Waals surface area contributed by atoms with E-state index in [4.69, 9.17) is 11.6 Å². The molecule has 146 valence electrons. The highest BCUT2D eigenvalue weighted by atomic mass is 127. The molecule has 1 aromatic carbocycles. The van der Waals surface area contributed by atoms with E-state index in [1.54, 1.807) is 11.3 Å². The fraction of sp³-hybridized carbons (Fsp3) is 0.368. The topological polar surface area (TPSA) is 65.1 Å². The molecule has 0 aliphatic heterocycles. The minimum Gasteiger partial charge on any atom is -0.361 e. The molecule has 5 nitrogen and oxygen atoms in total. The smallest absolute Gasteiger partial charge is 0.191 e. The first kappa shape index (κ1) is 22.0. The van der Waals surface area contributed by atoms with Gasteiger partial charge in [0.1, 0.15) is 0 Å². The van der Waals surface area contributed by atoms with Gasteiger partial charge in [-0.05, 0) is 51.0 Å². The molecule has 0 amide bonds. The minimum absolute atomic E-state index is 0. The lowest BCUT2D eigenvalue weighted by molar-refractivity contribution is 0.802. The molecule has 2 heterocycles. The van der Waals surface area contributed by atoms with Crippen LogP contribution in [0.25, 0.3) is 10.9 Å². The monoisotopic (exact) mass is 517 g/mol. The predicted molar refractivity (Wildman–Crippen MR) is 127 cm³/mol. The second kappa shape index (κ2) is 10.3. The number of hydrogen-bond donors (Lipinski definition) is 3. The number of rotatable bonds is 6. The van der Waals surface area contributed by atoms with Gasteiger partial charge in [-0.3, -0.25) is 0 Å². The van der Waals surface area contributed by atoms with Crippen LogP contribution in [0.5, 0.6) is 0 Å². The first-order valence-electron chi connectivity index (χ1n) is 8.77. The van der Waals surface area contributed by atoms with Gasteiger partial charge in [0.15, 0.2) is 5.96 Å². The lowest BCUT2D eigenvalue weighted by Gasteiger charge is -2.11. The van der Waals surface area contributed by atoms with Crippen molar-refractivity contribution in [1.82, 2.24) is 20.6 Å². The quantitative estimate of drug-likeness (QED) is 0.250. The SMILES string of the molecule is CCNC(=NCc1sc(C)nc1C)NCCc1c[nH]c2ccc(Cl)cc12.I. The minimum atomic E-state index is 0. The third-order valence-corrected chi connectivity index (χ3v) is 5.43. The molecule has 0 atom stereocenters. The first-order valence-corrected chi connectivity index (χ1v) is 9.97. The van der Waals surface area contributed by atoms with Gasteiger partial charge < -0.3 is 15.6 Å². The Kier molecular flexibility index (Phi) is 8.37. The number of aliphatic imine (C=N–C) groups is 1. The average Bonchev–Trinajstić information content (AvgIpc) is 3.15. The number of aryl methyl sites for hydroxylation is 2. The Morgan fingerprint density at radius 2 is 2.11 bits per heavy atom. The molecular weight excluding hydrogens is 493 g/mol. The summed E-state index contributed by atoms with van der Waals surface area (Å²) >= 11 is 7.83. The van der Waals surface area contributed by atoms with Crippen molar-refractivity contribution >= 4 is 63.8 Å². The standard InChI is InChI=1S/C19H24ClN5S.HI/c1-4-21-19(24-11-18-12(2)25-13(3)26-18)22-8-7-14-10-23-17-6-5-15(20)9-16(14)17;/h5-6,9-10,23H,4,7-8,11H2,1-3H3,(H2,21,22,24);1H. The summed E-state index contributed by atoms with van der Waals surface area (Å²) in [4.78, 5) is 13.7. The molecule has 3 N–H and O–H groups in total. The van der Waals surface area contributed by atoms with E-state index in [9.17, 15) is 0 Å². The van der Waals surface area contributed by atoms with Crippen LogP contribution in [0.4, 0.5) is 0 Å². The third kappa shape index (κ3) is 5.83. The molecule has 8 heteroatoms. The molecule has 0 fully saturated rings. The fourth-order valence-electron chi connectivity index (χ4n) is 2.89. The van der Waals surface area contributed by atoms with Gasteiger partial charge in [-0.1, -0.05) is 11.6 Å². The van der Waals surface area contributed by atoms with E-state index < -0.39 is 0 Å². The zero-order valence-electron chi connectivity index (χ0n) is 15.7. The van der Waals surface area contributed by atoms with Gasteiger partial charge in [-0.15, -0.1) is 35.3 Å². The van der Waals surface area contributed by atoms with Crippen LogP contribution in [0, 0.1) is 13.8 Å². The number of fused-ring (bicyclic) bond motifs is 1. The molecule has 0 saturated carbocycles. The highest BCUT2D eigenvalue weighted by Crippen LogP contribution is 2.22. The summed E-state index contributed by atoms with van der Waals surface area (Å²) in [7, 11) is 0. The van der Waals surface area contributed by atoms with Crippen molar-refractivity contribution in [3.63, 3.8) is 0 Å². The van der Waals surface area contributed by atoms with Gasteiger partial charge >= 0.3 is 0 Å². The fourth-order valence-corrected chi connectivity index (χ4v) is 3.92. The molecular formula is C19H25ClIN5S. The van der Waals surface area contributed by atoms with Crippen molar-refractivity contribution in [2.45, 2.75) is 33.7 Å². The Morgan fingerprint density at radius 3 is 2.81 bits per heavy atom. The Labute approximate surface area is 186 Å². The number of nitrogens with zero attached hydrogens (tertiary/aromatic N) is 2. The molecule has 0 saturated heterocycles. The average molecular weight is 518 g/mol. The molecule has 0 aliphatic carbocycles. The van der Waals surface area contributed by atoms with Crippen molar-refractivity contribution in [3.8, 4) is 0 Å². The summed E-state index contributed by atoms with van der Waals surface area (Å²) in [5.41, 5.74) is 3.43. The Morgan fingerprint density at radius 1 is 1.30 bits per heavy atom. The summed E-state index contributed by atoms with van der Waals surface area (Å²) in [5.74, 6) is 0.829. The molecule has 0 radical (unpaired) electrons. The second-order valence-electron chi connectivity index (χ2n) is 6.12. The van der Waals surface area contributed by atoms with Gasteiger partial charge in [0.05, 0.1) is 17.2 Å². The van der Waals surface area contributed by atoms with Crippen LogP contribution < -0.4 is 10.6 Å². The van der Waals surface area contributed by atoms with Crippen LogP contribution in [-0.2, 0) is 13.0 Å². The van der Waals surface area contributed by atoms with E-state index in [0.29, 0.717) is 6.54 Å². The van der Waals surface area contributed by atoms with Gasteiger partial charge in [-0.25, -0.2) is 9.98 Å². The number of guanidine groups is 1. The Bertz CT molecular complexity index is 918. The van der Waals surface area contributed by atoms with Crippen LogP contribution in [0.3, 0.4) is 0 Å². The zero-order chi connectivity index (χ0) is 18.5. The van der Waals surface area contributed by atoms with E-state index in [0.717, 1.165) is 46.7 Å². The molecule has 0 aliphatic rings. The van der Waals surface area contributed by atoms with Crippen molar-refractivity contribution in [2.75, 3.05) is 13.1 Å². The van der Waals surface area contributed by atoms with Crippen LogP contribution in [-0.4, -0.2) is 29.0 Å². The number of H-pyrrole nitrogens is 1. The molecule has 0 unspecified atom stereocenters. The summed E-state index contributed by atoms with van der Waals surface area (Å²) in [6.07, 6.45) is 2.94. The highest BCUT2D eigenvalue weighted by molar-refractivity contribution is 14.0. The van der Waals surface area contributed by atoms with Crippen LogP contribution in [0.2, 0.25) is 5.02 Å². The number of aromatic nitrogens is 2. The lowest BCUT2D eigenvalue weighted by atomic mass is 10.1. The molecule has 3 rings (SSSR count). The number of halogens is 2. The first-order chi connectivity index (χ1) is 12.6. The summed E-state index contributed by atoms with van der Waals surface area (Å²) < 4.78 is 0. The largest absolute Gasteiger partial charge is 0.361 e. The van der Waals surface area contributed by atoms with Gasteiger partial charge in [0.25, 0.3) is 0 Å². The number of benzene rings is 1. The number of thiazole rings is 1. The van der Waals surface area contributed by atoms with Crippen LogP contribution >= 0.6 is 46.9 Å². The van der Waals surface area contributed by atoms with Crippen LogP contribution in [0.1, 0.15) is 28.1 Å². The van der Waals surface area contributed by atoms with E-state index in [1.165, 1.54) is 15.8 Å². The molecule has 3 aromatic rings. The molecule has 0 bridgehead atoms. The number of nitrogens with one attached hydrogen (secondary N) is 3. The number of hydrogen-bond acceptors (Lipinski definition) is 3. The summed E-state index contributed by atoms with van der Waals surface area (Å²) in [6.45, 7) is 8.41. The van der Waals surface area contributed by atoms with E-state index in [1.807, 2.05) is 32.0 Å². The van der Waals surface area contributed by atoms with Crippen molar-refractivity contribution in [3.05, 3.63) is 50.6 Å². The van der Waals surface area contributed by atoms with Gasteiger partial charge in [-0.2, -0.15) is 0 Å². The molecule has 27 heavy (non-hydrogen) atoms. The second-order valence-corrected chi connectivity index (χ2v) is 7.84. The zero-order valence-corrected chi connectivity index (χ0v) is 19.6. The van der Waals surface area contributed by atoms with Crippen molar-refractivity contribution in [2.24, 2.45) is 4.99 Å².